The van der Waals surface area contributed by atoms with Gasteiger partial charge in [0.15, 0.2) is 6.61 Å². The predicted octanol–water partition coefficient (Wildman–Crippen LogP) is 2.92. The van der Waals surface area contributed by atoms with Gasteiger partial charge in [0, 0.05) is 12.1 Å². The summed E-state index contributed by atoms with van der Waals surface area (Å²) in [5, 5.41) is 5.40. The molecule has 0 bridgehead atoms. The van der Waals surface area contributed by atoms with Gasteiger partial charge in [0.05, 0.1) is 0 Å². The normalized spacial score (nSPS) is 11.6. The van der Waals surface area contributed by atoms with Crippen molar-refractivity contribution in [2.75, 3.05) is 6.61 Å². The minimum absolute atomic E-state index is 0.187. The third-order valence-electron chi connectivity index (χ3n) is 4.48. The van der Waals surface area contributed by atoms with Crippen molar-refractivity contribution in [3.63, 3.8) is 0 Å². The molecule has 2 aromatic carbocycles. The van der Waals surface area contributed by atoms with Crippen molar-refractivity contribution in [3.05, 3.63) is 70.8 Å². The molecule has 0 spiro atoms. The van der Waals surface area contributed by atoms with Crippen molar-refractivity contribution in [1.82, 2.24) is 10.6 Å². The standard InChI is InChI=1S/C23H28N2O4/c1-15(2)21(25-22(27)19-11-7-17(4)8-12-19)23(28)29-14-20(26)24-13-18-9-5-16(3)6-10-18/h5-12,15,21H,13-14H2,1-4H3,(H,24,26)(H,25,27)/t21-/m0/s1. The molecule has 0 aromatic heterocycles. The topological polar surface area (TPSA) is 84.5 Å². The van der Waals surface area contributed by atoms with Crippen LogP contribution in [0.2, 0.25) is 0 Å². The van der Waals surface area contributed by atoms with Crippen molar-refractivity contribution in [3.8, 4) is 0 Å². The molecule has 0 saturated heterocycles. The Morgan fingerprint density at radius 2 is 1.45 bits per heavy atom. The van der Waals surface area contributed by atoms with Gasteiger partial charge in [0.25, 0.3) is 11.8 Å². The number of ether oxygens (including phenoxy) is 1. The zero-order valence-corrected chi connectivity index (χ0v) is 17.3. The van der Waals surface area contributed by atoms with Crippen LogP contribution in [0.1, 0.15) is 40.9 Å². The number of aryl methyl sites for hydroxylation is 2. The fraction of sp³-hybridized carbons (Fsp3) is 0.348. The summed E-state index contributed by atoms with van der Waals surface area (Å²) in [6.07, 6.45) is 0. The number of hydrogen-bond acceptors (Lipinski definition) is 4. The predicted molar refractivity (Wildman–Crippen MR) is 111 cm³/mol. The minimum atomic E-state index is -0.839. The molecule has 0 heterocycles. The molecule has 1 atom stereocenters. The molecule has 2 amide bonds. The first-order chi connectivity index (χ1) is 13.8. The molecule has 0 aliphatic carbocycles. The van der Waals surface area contributed by atoms with E-state index in [0.29, 0.717) is 12.1 Å². The highest BCUT2D eigenvalue weighted by atomic mass is 16.5. The molecule has 154 valence electrons. The summed E-state index contributed by atoms with van der Waals surface area (Å²) >= 11 is 0. The zero-order valence-electron chi connectivity index (χ0n) is 17.3. The van der Waals surface area contributed by atoms with Crippen molar-refractivity contribution in [2.24, 2.45) is 5.92 Å². The summed E-state index contributed by atoms with van der Waals surface area (Å²) in [5.74, 6) is -1.57. The van der Waals surface area contributed by atoms with E-state index in [2.05, 4.69) is 10.6 Å². The third kappa shape index (κ3) is 7.07. The Hall–Kier alpha value is -3.15. The Morgan fingerprint density at radius 1 is 0.897 bits per heavy atom. The smallest absolute Gasteiger partial charge is 0.329 e. The molecular weight excluding hydrogens is 368 g/mol. The van der Waals surface area contributed by atoms with Crippen molar-refractivity contribution >= 4 is 17.8 Å². The maximum atomic E-state index is 12.4. The van der Waals surface area contributed by atoms with Gasteiger partial charge in [-0.2, -0.15) is 0 Å². The van der Waals surface area contributed by atoms with Crippen LogP contribution in [0.25, 0.3) is 0 Å². The van der Waals surface area contributed by atoms with Gasteiger partial charge in [-0.25, -0.2) is 4.79 Å². The van der Waals surface area contributed by atoms with E-state index in [9.17, 15) is 14.4 Å². The summed E-state index contributed by atoms with van der Waals surface area (Å²) in [6.45, 7) is 7.49. The lowest BCUT2D eigenvalue weighted by molar-refractivity contribution is -0.151. The number of nitrogens with one attached hydrogen (secondary N) is 2. The lowest BCUT2D eigenvalue weighted by Crippen LogP contribution is -2.46. The monoisotopic (exact) mass is 396 g/mol. The fourth-order valence-electron chi connectivity index (χ4n) is 2.61. The van der Waals surface area contributed by atoms with E-state index >= 15 is 0 Å². The van der Waals surface area contributed by atoms with Gasteiger partial charge < -0.3 is 15.4 Å². The van der Waals surface area contributed by atoms with Crippen molar-refractivity contribution in [2.45, 2.75) is 40.3 Å². The van der Waals surface area contributed by atoms with Gasteiger partial charge in [0.2, 0.25) is 0 Å². The second-order valence-corrected chi connectivity index (χ2v) is 7.43. The minimum Gasteiger partial charge on any atom is -0.454 e. The van der Waals surface area contributed by atoms with Crippen LogP contribution in [0.5, 0.6) is 0 Å². The summed E-state index contributed by atoms with van der Waals surface area (Å²) in [4.78, 5) is 36.8. The Labute approximate surface area is 171 Å². The van der Waals surface area contributed by atoms with Crippen LogP contribution >= 0.6 is 0 Å². The lowest BCUT2D eigenvalue weighted by atomic mass is 10.0. The Balaban J connectivity index is 1.85. The highest BCUT2D eigenvalue weighted by Crippen LogP contribution is 2.08. The maximum absolute atomic E-state index is 12.4. The summed E-state index contributed by atoms with van der Waals surface area (Å²) in [5.41, 5.74) is 3.60. The highest BCUT2D eigenvalue weighted by Gasteiger charge is 2.26. The molecule has 2 rings (SSSR count). The Kier molecular flexibility index (Phi) is 7.95. The van der Waals surface area contributed by atoms with Gasteiger partial charge >= 0.3 is 5.97 Å². The third-order valence-corrected chi connectivity index (χ3v) is 4.48. The van der Waals surface area contributed by atoms with E-state index in [1.165, 1.54) is 0 Å². The van der Waals surface area contributed by atoms with Gasteiger partial charge in [-0.05, 0) is 37.5 Å². The molecule has 29 heavy (non-hydrogen) atoms. The van der Waals surface area contributed by atoms with E-state index in [0.717, 1.165) is 16.7 Å². The number of esters is 1. The van der Waals surface area contributed by atoms with Crippen LogP contribution in [-0.2, 0) is 20.9 Å². The number of amides is 2. The summed E-state index contributed by atoms with van der Waals surface area (Å²) in [7, 11) is 0. The second kappa shape index (κ2) is 10.4. The van der Waals surface area contributed by atoms with Crippen molar-refractivity contribution < 1.29 is 19.1 Å². The van der Waals surface area contributed by atoms with Crippen LogP contribution in [0.4, 0.5) is 0 Å². The molecule has 2 N–H and O–H groups in total. The average molecular weight is 396 g/mol. The zero-order chi connectivity index (χ0) is 21.4. The first-order valence-electron chi connectivity index (χ1n) is 9.62. The SMILES string of the molecule is Cc1ccc(CNC(=O)COC(=O)[C@@H](NC(=O)c2ccc(C)cc2)C(C)C)cc1. The molecule has 6 nitrogen and oxygen atoms in total. The molecule has 0 aliphatic heterocycles. The Bertz CT molecular complexity index is 842. The molecule has 0 radical (unpaired) electrons. The number of rotatable bonds is 8. The number of carbonyl (C=O) groups excluding carboxylic acids is 3. The molecule has 0 saturated carbocycles. The second-order valence-electron chi connectivity index (χ2n) is 7.43. The van der Waals surface area contributed by atoms with E-state index in [1.54, 1.807) is 26.0 Å². The van der Waals surface area contributed by atoms with Gasteiger partial charge in [-0.15, -0.1) is 0 Å². The molecule has 0 fully saturated rings. The largest absolute Gasteiger partial charge is 0.454 e. The summed E-state index contributed by atoms with van der Waals surface area (Å²) in [6, 6.07) is 14.0. The van der Waals surface area contributed by atoms with E-state index in [4.69, 9.17) is 4.74 Å². The number of carbonyl (C=O) groups is 3. The molecule has 0 aliphatic rings. The van der Waals surface area contributed by atoms with E-state index in [-0.39, 0.29) is 11.8 Å². The fourth-order valence-corrected chi connectivity index (χ4v) is 2.61. The maximum Gasteiger partial charge on any atom is 0.329 e. The van der Waals surface area contributed by atoms with E-state index < -0.39 is 24.5 Å². The van der Waals surface area contributed by atoms with Crippen LogP contribution in [0.15, 0.2) is 48.5 Å². The van der Waals surface area contributed by atoms with Gasteiger partial charge in [-0.1, -0.05) is 61.4 Å². The summed E-state index contributed by atoms with van der Waals surface area (Å²) < 4.78 is 5.12. The number of benzene rings is 2. The van der Waals surface area contributed by atoms with Crippen LogP contribution < -0.4 is 10.6 Å². The highest BCUT2D eigenvalue weighted by molar-refractivity contribution is 5.97. The quantitative estimate of drug-likeness (QED) is 0.672. The van der Waals surface area contributed by atoms with Crippen LogP contribution in [0.3, 0.4) is 0 Å². The van der Waals surface area contributed by atoms with Crippen LogP contribution in [0, 0.1) is 19.8 Å². The molecule has 0 unspecified atom stereocenters. The molecular formula is C23H28N2O4. The molecule has 6 heteroatoms. The van der Waals surface area contributed by atoms with Gasteiger partial charge in [0.1, 0.15) is 6.04 Å². The lowest BCUT2D eigenvalue weighted by Gasteiger charge is -2.21. The Morgan fingerprint density at radius 3 is 2.00 bits per heavy atom. The first kappa shape index (κ1) is 22.1. The van der Waals surface area contributed by atoms with Crippen molar-refractivity contribution in [1.29, 1.82) is 0 Å². The van der Waals surface area contributed by atoms with Gasteiger partial charge in [-0.3, -0.25) is 9.59 Å². The average Bonchev–Trinajstić information content (AvgIpc) is 2.69. The van der Waals surface area contributed by atoms with E-state index in [1.807, 2.05) is 50.2 Å². The molecule has 2 aromatic rings. The first-order valence-corrected chi connectivity index (χ1v) is 9.62. The number of hydrogen-bond donors (Lipinski definition) is 2. The van der Waals surface area contributed by atoms with Crippen LogP contribution in [-0.4, -0.2) is 30.4 Å².